The maximum Gasteiger partial charge on any atom is 0.338 e. The van der Waals surface area contributed by atoms with E-state index >= 15 is 0 Å². The molecule has 0 aliphatic carbocycles. The van der Waals surface area contributed by atoms with Gasteiger partial charge in [0.1, 0.15) is 5.60 Å². The van der Waals surface area contributed by atoms with Crippen LogP contribution in [0.15, 0.2) is 35.5 Å². The van der Waals surface area contributed by atoms with Gasteiger partial charge in [0.2, 0.25) is 0 Å². The molecule has 0 saturated carbocycles. The first kappa shape index (κ1) is 17.9. The molecule has 1 aromatic rings. The highest BCUT2D eigenvalue weighted by Crippen LogP contribution is 2.30. The van der Waals surface area contributed by atoms with E-state index in [1.807, 2.05) is 0 Å². The minimum absolute atomic E-state index is 0.0556. The van der Waals surface area contributed by atoms with Gasteiger partial charge in [0.05, 0.1) is 16.5 Å². The molecule has 24 heavy (non-hydrogen) atoms. The van der Waals surface area contributed by atoms with Gasteiger partial charge in [-0.1, -0.05) is 12.1 Å². The highest BCUT2D eigenvalue weighted by Gasteiger charge is 2.33. The molecule has 2 N–H and O–H groups in total. The number of nitro groups is 1. The van der Waals surface area contributed by atoms with Crippen LogP contribution in [0.3, 0.4) is 0 Å². The molecule has 7 nitrogen and oxygen atoms in total. The van der Waals surface area contributed by atoms with Gasteiger partial charge in [-0.2, -0.15) is 0 Å². The Bertz CT molecular complexity index is 737. The van der Waals surface area contributed by atoms with Crippen molar-refractivity contribution in [3.8, 4) is 0 Å². The van der Waals surface area contributed by atoms with E-state index < -0.39 is 22.5 Å². The van der Waals surface area contributed by atoms with E-state index in [1.165, 1.54) is 12.1 Å². The summed E-state index contributed by atoms with van der Waals surface area (Å²) in [7, 11) is 0. The van der Waals surface area contributed by atoms with Gasteiger partial charge in [0, 0.05) is 17.8 Å². The van der Waals surface area contributed by atoms with Crippen molar-refractivity contribution < 1.29 is 14.5 Å². The first-order valence-electron chi connectivity index (χ1n) is 7.34. The van der Waals surface area contributed by atoms with E-state index in [9.17, 15) is 14.9 Å². The molecule has 1 atom stereocenters. The zero-order valence-electron chi connectivity index (χ0n) is 13.9. The average molecular weight is 349 g/mol. The van der Waals surface area contributed by atoms with Gasteiger partial charge < -0.3 is 15.4 Å². The molecule has 1 aliphatic heterocycles. The smallest absolute Gasteiger partial charge is 0.338 e. The first-order chi connectivity index (χ1) is 11.1. The van der Waals surface area contributed by atoms with E-state index in [2.05, 4.69) is 10.6 Å². The second kappa shape index (κ2) is 6.56. The fourth-order valence-corrected chi connectivity index (χ4v) is 2.64. The lowest BCUT2D eigenvalue weighted by molar-refractivity contribution is -0.384. The molecule has 1 aromatic carbocycles. The lowest BCUT2D eigenvalue weighted by Crippen LogP contribution is -2.45. The van der Waals surface area contributed by atoms with Crippen LogP contribution in [0, 0.1) is 10.1 Å². The van der Waals surface area contributed by atoms with Gasteiger partial charge in [-0.25, -0.2) is 4.79 Å². The van der Waals surface area contributed by atoms with Crippen molar-refractivity contribution in [1.82, 2.24) is 10.6 Å². The molecular formula is C16H19N3O4S. The molecule has 0 aromatic heterocycles. The number of ether oxygens (including phenoxy) is 1. The number of carbonyl (C=O) groups excluding carboxylic acids is 1. The van der Waals surface area contributed by atoms with Crippen LogP contribution >= 0.6 is 12.2 Å². The van der Waals surface area contributed by atoms with Gasteiger partial charge in [0.25, 0.3) is 5.69 Å². The Morgan fingerprint density at radius 1 is 1.38 bits per heavy atom. The maximum atomic E-state index is 12.6. The van der Waals surface area contributed by atoms with Crippen molar-refractivity contribution in [3.05, 3.63) is 51.2 Å². The van der Waals surface area contributed by atoms with Crippen LogP contribution in [0.4, 0.5) is 5.69 Å². The SMILES string of the molecule is CC1=C(C(=O)OC(C)(C)C)[C@@H](c2cccc([N+](=O)[O-])c2)NC(=S)N1. The first-order valence-corrected chi connectivity index (χ1v) is 7.75. The molecule has 2 rings (SSSR count). The topological polar surface area (TPSA) is 93.5 Å². The summed E-state index contributed by atoms with van der Waals surface area (Å²) in [5.41, 5.74) is 0.756. The number of nitrogens with one attached hydrogen (secondary N) is 2. The summed E-state index contributed by atoms with van der Waals surface area (Å²) in [4.78, 5) is 23.1. The standard InChI is InChI=1S/C16H19N3O4S/c1-9-12(14(20)23-16(2,3)4)13(18-15(24)17-9)10-6-5-7-11(8-10)19(21)22/h5-8,13H,1-4H3,(H2,17,18,24)/t13-/m1/s1. The number of esters is 1. The van der Waals surface area contributed by atoms with E-state index in [0.29, 0.717) is 21.9 Å². The number of hydrogen-bond acceptors (Lipinski definition) is 5. The fraction of sp³-hybridized carbons (Fsp3) is 0.375. The molecule has 0 bridgehead atoms. The van der Waals surface area contributed by atoms with Gasteiger partial charge in [-0.15, -0.1) is 0 Å². The van der Waals surface area contributed by atoms with Crippen molar-refractivity contribution in [3.63, 3.8) is 0 Å². The number of carbonyl (C=O) groups is 1. The molecule has 8 heteroatoms. The summed E-state index contributed by atoms with van der Waals surface area (Å²) in [6.45, 7) is 7.04. The molecule has 0 spiro atoms. The molecule has 0 radical (unpaired) electrons. The Kier molecular flexibility index (Phi) is 4.88. The normalized spacial score (nSPS) is 17.8. The highest BCUT2D eigenvalue weighted by atomic mass is 32.1. The van der Waals surface area contributed by atoms with Gasteiger partial charge in [0.15, 0.2) is 5.11 Å². The molecule has 128 valence electrons. The van der Waals surface area contributed by atoms with Crippen molar-refractivity contribution in [2.45, 2.75) is 39.3 Å². The lowest BCUT2D eigenvalue weighted by Gasteiger charge is -2.31. The number of allylic oxidation sites excluding steroid dienone is 1. The highest BCUT2D eigenvalue weighted by molar-refractivity contribution is 7.80. The number of hydrogen-bond donors (Lipinski definition) is 2. The Balaban J connectivity index is 2.47. The second-order valence-electron chi connectivity index (χ2n) is 6.42. The van der Waals surface area contributed by atoms with Crippen LogP contribution in [0.1, 0.15) is 39.3 Å². The number of rotatable bonds is 3. The average Bonchev–Trinajstić information content (AvgIpc) is 2.44. The van der Waals surface area contributed by atoms with E-state index in [-0.39, 0.29) is 5.69 Å². The maximum absolute atomic E-state index is 12.6. The number of non-ortho nitro benzene ring substituents is 1. The van der Waals surface area contributed by atoms with E-state index in [0.717, 1.165) is 0 Å². The third-order valence-corrected chi connectivity index (χ3v) is 3.52. The summed E-state index contributed by atoms with van der Waals surface area (Å²) < 4.78 is 5.46. The predicted molar refractivity (Wildman–Crippen MR) is 93.3 cm³/mol. The van der Waals surface area contributed by atoms with E-state index in [4.69, 9.17) is 17.0 Å². The number of nitro benzene ring substituents is 1. The third kappa shape index (κ3) is 4.08. The number of thiocarbonyl (C=S) groups is 1. The summed E-state index contributed by atoms with van der Waals surface area (Å²) in [6, 6.07) is 5.47. The molecule has 0 unspecified atom stereocenters. The fourth-order valence-electron chi connectivity index (χ4n) is 2.37. The number of nitrogens with zero attached hydrogens (tertiary/aromatic N) is 1. The summed E-state index contributed by atoms with van der Waals surface area (Å²) in [5.74, 6) is -0.501. The molecule has 1 aliphatic rings. The monoisotopic (exact) mass is 349 g/mol. The van der Waals surface area contributed by atoms with E-state index in [1.54, 1.807) is 39.8 Å². The summed E-state index contributed by atoms with van der Waals surface area (Å²) in [6.07, 6.45) is 0. The van der Waals surface area contributed by atoms with Crippen LogP contribution in [0.25, 0.3) is 0 Å². The van der Waals surface area contributed by atoms with Crippen LogP contribution in [0.2, 0.25) is 0 Å². The molecule has 0 saturated heterocycles. The quantitative estimate of drug-likeness (QED) is 0.375. The van der Waals surface area contributed by atoms with Crippen LogP contribution in [-0.2, 0) is 9.53 Å². The van der Waals surface area contributed by atoms with Crippen molar-refractivity contribution in [2.24, 2.45) is 0 Å². The van der Waals surface area contributed by atoms with Crippen molar-refractivity contribution in [1.29, 1.82) is 0 Å². The summed E-state index contributed by atoms with van der Waals surface area (Å²) in [5, 5.41) is 17.2. The third-order valence-electron chi connectivity index (χ3n) is 3.30. The number of benzene rings is 1. The molecule has 0 amide bonds. The summed E-state index contributed by atoms with van der Waals surface area (Å²) >= 11 is 5.15. The lowest BCUT2D eigenvalue weighted by atomic mass is 9.95. The molecular weight excluding hydrogens is 330 g/mol. The van der Waals surface area contributed by atoms with Crippen molar-refractivity contribution in [2.75, 3.05) is 0 Å². The van der Waals surface area contributed by atoms with Gasteiger partial charge >= 0.3 is 5.97 Å². The second-order valence-corrected chi connectivity index (χ2v) is 6.83. The van der Waals surface area contributed by atoms with Gasteiger partial charge in [-0.05, 0) is 45.5 Å². The largest absolute Gasteiger partial charge is 0.456 e. The molecule has 0 fully saturated rings. The van der Waals surface area contributed by atoms with Crippen molar-refractivity contribution >= 4 is 29.0 Å². The van der Waals surface area contributed by atoms with Gasteiger partial charge in [-0.3, -0.25) is 10.1 Å². The predicted octanol–water partition coefficient (Wildman–Crippen LogP) is 2.73. The Morgan fingerprint density at radius 2 is 2.04 bits per heavy atom. The van der Waals surface area contributed by atoms with Crippen LogP contribution in [0.5, 0.6) is 0 Å². The zero-order valence-corrected chi connectivity index (χ0v) is 14.7. The zero-order chi connectivity index (χ0) is 18.1. The Morgan fingerprint density at radius 3 is 2.62 bits per heavy atom. The van der Waals surface area contributed by atoms with Crippen LogP contribution in [-0.4, -0.2) is 21.6 Å². The molecule has 1 heterocycles. The Hall–Kier alpha value is -2.48. The minimum Gasteiger partial charge on any atom is -0.456 e. The Labute approximate surface area is 145 Å². The van der Waals surface area contributed by atoms with Crippen LogP contribution < -0.4 is 10.6 Å². The minimum atomic E-state index is -0.657.